The van der Waals surface area contributed by atoms with E-state index in [4.69, 9.17) is 4.98 Å². The molecule has 0 atom stereocenters. The number of aromatic nitrogens is 1. The molecule has 0 N–H and O–H groups in total. The summed E-state index contributed by atoms with van der Waals surface area (Å²) in [5, 5.41) is 0.646. The first-order chi connectivity index (χ1) is 18.8. The third-order valence-corrected chi connectivity index (χ3v) is 9.89. The number of hydrogen-bond acceptors (Lipinski definition) is 6. The molecule has 0 spiro atoms. The zero-order valence-electron chi connectivity index (χ0n) is 23.0. The van der Waals surface area contributed by atoms with Gasteiger partial charge in [0.1, 0.15) is 0 Å². The number of fused-ring (bicyclic) bond motifs is 1. The van der Waals surface area contributed by atoms with Crippen LogP contribution in [-0.2, 0) is 16.6 Å². The number of amides is 1. The predicted molar refractivity (Wildman–Crippen MR) is 160 cm³/mol. The van der Waals surface area contributed by atoms with Crippen molar-refractivity contribution in [3.63, 3.8) is 0 Å². The Labute approximate surface area is 235 Å². The minimum atomic E-state index is -3.72. The van der Waals surface area contributed by atoms with Crippen molar-refractivity contribution >= 4 is 42.6 Å². The highest BCUT2D eigenvalue weighted by molar-refractivity contribution is 7.89. The molecule has 4 rings (SSSR count). The van der Waals surface area contributed by atoms with Crippen molar-refractivity contribution in [1.82, 2.24) is 14.2 Å². The number of likely N-dealkylation sites (N-methyl/N-ethyl adjacent to an activating group) is 1. The molecule has 4 aromatic rings. The summed E-state index contributed by atoms with van der Waals surface area (Å²) in [6, 6.07) is 21.8. The third kappa shape index (κ3) is 6.55. The van der Waals surface area contributed by atoms with Crippen LogP contribution in [0.25, 0.3) is 10.2 Å². The fraction of sp³-hybridized carbons (Fsp3) is 0.333. The van der Waals surface area contributed by atoms with E-state index in [9.17, 15) is 13.2 Å². The van der Waals surface area contributed by atoms with Crippen LogP contribution in [-0.4, -0.2) is 61.2 Å². The summed E-state index contributed by atoms with van der Waals surface area (Å²) < 4.78 is 29.3. The summed E-state index contributed by atoms with van der Waals surface area (Å²) in [6.45, 7) is 11.7. The minimum absolute atomic E-state index is 0.169. The molecule has 0 bridgehead atoms. The van der Waals surface area contributed by atoms with Gasteiger partial charge < -0.3 is 4.90 Å². The molecule has 9 heteroatoms. The van der Waals surface area contributed by atoms with Crippen molar-refractivity contribution in [1.29, 1.82) is 0 Å². The van der Waals surface area contributed by atoms with E-state index >= 15 is 0 Å². The average Bonchev–Trinajstić information content (AvgIpc) is 3.40. The van der Waals surface area contributed by atoms with Gasteiger partial charge in [-0.05, 0) is 61.5 Å². The maximum atomic E-state index is 13.8. The number of hydrogen-bond donors (Lipinski definition) is 0. The number of sulfonamides is 1. The molecule has 0 aliphatic rings. The first-order valence-corrected chi connectivity index (χ1v) is 15.6. The number of rotatable bonds is 12. The number of benzene rings is 3. The topological polar surface area (TPSA) is 73.8 Å². The lowest BCUT2D eigenvalue weighted by Crippen LogP contribution is -2.39. The number of aryl methyl sites for hydroxylation is 1. The van der Waals surface area contributed by atoms with Crippen LogP contribution in [0.2, 0.25) is 0 Å². The SMILES string of the molecule is CCN(CC)CCN(C(=O)c1ccc(S(=O)(=O)N(CC)Cc2ccccc2)cc1)c1nc2c(C)cccc2s1. The van der Waals surface area contributed by atoms with Gasteiger partial charge in [-0.25, -0.2) is 13.4 Å². The number of carbonyl (C=O) groups is 1. The van der Waals surface area contributed by atoms with Gasteiger partial charge in [0, 0.05) is 31.7 Å². The molecule has 0 saturated heterocycles. The molecule has 206 valence electrons. The summed E-state index contributed by atoms with van der Waals surface area (Å²) in [7, 11) is -3.72. The number of anilines is 1. The van der Waals surface area contributed by atoms with Crippen molar-refractivity contribution in [3.05, 3.63) is 89.5 Å². The van der Waals surface area contributed by atoms with Gasteiger partial charge in [0.05, 0.1) is 15.1 Å². The van der Waals surface area contributed by atoms with Crippen LogP contribution in [0.5, 0.6) is 0 Å². The van der Waals surface area contributed by atoms with Gasteiger partial charge in [-0.1, -0.05) is 74.6 Å². The molecule has 1 aromatic heterocycles. The smallest absolute Gasteiger partial charge is 0.260 e. The monoisotopic (exact) mass is 564 g/mol. The van der Waals surface area contributed by atoms with Crippen LogP contribution in [0, 0.1) is 6.92 Å². The average molecular weight is 565 g/mol. The second-order valence-corrected chi connectivity index (χ2v) is 12.3. The van der Waals surface area contributed by atoms with Gasteiger partial charge in [-0.3, -0.25) is 9.69 Å². The maximum Gasteiger partial charge on any atom is 0.260 e. The Bertz CT molecular complexity index is 1500. The van der Waals surface area contributed by atoms with Gasteiger partial charge >= 0.3 is 0 Å². The fourth-order valence-corrected chi connectivity index (χ4v) is 6.99. The second-order valence-electron chi connectivity index (χ2n) is 9.34. The Morgan fingerprint density at radius 2 is 1.54 bits per heavy atom. The Hall–Kier alpha value is -3.11. The van der Waals surface area contributed by atoms with E-state index < -0.39 is 10.0 Å². The molecule has 0 saturated carbocycles. The van der Waals surface area contributed by atoms with E-state index in [2.05, 4.69) is 18.7 Å². The first kappa shape index (κ1) is 28.9. The third-order valence-electron chi connectivity index (χ3n) is 6.91. The van der Waals surface area contributed by atoms with E-state index in [-0.39, 0.29) is 17.3 Å². The zero-order chi connectivity index (χ0) is 28.0. The Morgan fingerprint density at radius 3 is 2.15 bits per heavy atom. The summed E-state index contributed by atoms with van der Waals surface area (Å²) >= 11 is 1.50. The van der Waals surface area contributed by atoms with Crippen LogP contribution in [0.3, 0.4) is 0 Å². The Kier molecular flexibility index (Phi) is 9.50. The van der Waals surface area contributed by atoms with Crippen molar-refractivity contribution in [3.8, 4) is 0 Å². The summed E-state index contributed by atoms with van der Waals surface area (Å²) in [5.41, 5.74) is 3.31. The van der Waals surface area contributed by atoms with E-state index in [1.807, 2.05) is 62.4 Å². The van der Waals surface area contributed by atoms with E-state index in [1.54, 1.807) is 17.0 Å². The van der Waals surface area contributed by atoms with Gasteiger partial charge in [0.15, 0.2) is 5.13 Å². The van der Waals surface area contributed by atoms with Crippen LogP contribution in [0.1, 0.15) is 42.3 Å². The van der Waals surface area contributed by atoms with Gasteiger partial charge in [-0.2, -0.15) is 4.31 Å². The standard InChI is InChI=1S/C30H36N4O3S2/c1-5-32(6-2)20-21-34(30-31-28-23(4)12-11-15-27(28)38-30)29(35)25-16-18-26(19-17-25)39(36,37)33(7-3)22-24-13-9-8-10-14-24/h8-19H,5-7,20-22H2,1-4H3. The number of carbonyl (C=O) groups excluding carboxylic acids is 1. The molecule has 0 radical (unpaired) electrons. The predicted octanol–water partition coefficient (Wildman–Crippen LogP) is 5.80. The Balaban J connectivity index is 1.61. The minimum Gasteiger partial charge on any atom is -0.302 e. The highest BCUT2D eigenvalue weighted by Gasteiger charge is 2.26. The first-order valence-electron chi connectivity index (χ1n) is 13.3. The van der Waals surface area contributed by atoms with Crippen LogP contribution in [0.4, 0.5) is 5.13 Å². The highest BCUT2D eigenvalue weighted by atomic mass is 32.2. The molecule has 0 aliphatic carbocycles. The van der Waals surface area contributed by atoms with Crippen molar-refractivity contribution in [2.75, 3.05) is 37.6 Å². The largest absolute Gasteiger partial charge is 0.302 e. The van der Waals surface area contributed by atoms with E-state index in [0.717, 1.165) is 34.4 Å². The van der Waals surface area contributed by atoms with Crippen LogP contribution < -0.4 is 4.90 Å². The van der Waals surface area contributed by atoms with Gasteiger partial charge in [0.25, 0.3) is 5.91 Å². The molecular formula is C30H36N4O3S2. The molecule has 0 unspecified atom stereocenters. The summed E-state index contributed by atoms with van der Waals surface area (Å²) in [5.74, 6) is -0.195. The van der Waals surface area contributed by atoms with E-state index in [1.165, 1.54) is 27.8 Å². The second kappa shape index (κ2) is 12.8. The van der Waals surface area contributed by atoms with E-state index in [0.29, 0.717) is 30.3 Å². The highest BCUT2D eigenvalue weighted by Crippen LogP contribution is 2.31. The number of nitrogens with zero attached hydrogens (tertiary/aromatic N) is 4. The van der Waals surface area contributed by atoms with Gasteiger partial charge in [-0.15, -0.1) is 0 Å². The molecule has 39 heavy (non-hydrogen) atoms. The lowest BCUT2D eigenvalue weighted by Gasteiger charge is -2.25. The van der Waals surface area contributed by atoms with Gasteiger partial charge in [0.2, 0.25) is 10.0 Å². The van der Waals surface area contributed by atoms with Crippen molar-refractivity contribution in [2.24, 2.45) is 0 Å². The van der Waals surface area contributed by atoms with Crippen LogP contribution >= 0.6 is 11.3 Å². The molecule has 1 amide bonds. The maximum absolute atomic E-state index is 13.8. The van der Waals surface area contributed by atoms with Crippen molar-refractivity contribution in [2.45, 2.75) is 39.1 Å². The molecule has 0 aliphatic heterocycles. The lowest BCUT2D eigenvalue weighted by atomic mass is 10.2. The quantitative estimate of drug-likeness (QED) is 0.217. The molecule has 7 nitrogen and oxygen atoms in total. The van der Waals surface area contributed by atoms with Crippen LogP contribution in [0.15, 0.2) is 77.7 Å². The summed E-state index contributed by atoms with van der Waals surface area (Å²) in [6.07, 6.45) is 0. The lowest BCUT2D eigenvalue weighted by molar-refractivity contribution is 0.0983. The molecule has 1 heterocycles. The fourth-order valence-electron chi connectivity index (χ4n) is 4.48. The normalized spacial score (nSPS) is 11.9. The number of thiazole rings is 1. The zero-order valence-corrected chi connectivity index (χ0v) is 24.6. The number of para-hydroxylation sites is 1. The molecule has 3 aromatic carbocycles. The molecule has 0 fully saturated rings. The Morgan fingerprint density at radius 1 is 0.846 bits per heavy atom. The summed E-state index contributed by atoms with van der Waals surface area (Å²) in [4.78, 5) is 22.8. The molecular weight excluding hydrogens is 528 g/mol. The van der Waals surface area contributed by atoms with Crippen molar-refractivity contribution < 1.29 is 13.2 Å².